The average molecular weight is 641 g/mol. The molecule has 3 aromatic rings. The first-order valence-corrected chi connectivity index (χ1v) is 16.7. The predicted molar refractivity (Wildman–Crippen MR) is 175 cm³/mol. The second-order valence-corrected chi connectivity index (χ2v) is 11.9. The van der Waals surface area contributed by atoms with E-state index in [2.05, 4.69) is 23.8 Å². The summed E-state index contributed by atoms with van der Waals surface area (Å²) in [6.45, 7) is 4.28. The van der Waals surface area contributed by atoms with Crippen LogP contribution in [0.2, 0.25) is 0 Å². The van der Waals surface area contributed by atoms with E-state index >= 15 is 0 Å². The van der Waals surface area contributed by atoms with Gasteiger partial charge in [-0.15, -0.1) is 0 Å². The van der Waals surface area contributed by atoms with Gasteiger partial charge in [0.1, 0.15) is 0 Å². The Bertz CT molecular complexity index is 1360. The zero-order valence-corrected chi connectivity index (χ0v) is 27.1. The number of aryl methyl sites for hydroxylation is 1. The number of unbranched alkanes of at least 4 members (excludes halogenated alkanes) is 11. The standard InChI is InChI=1S/C37H47F3N2O4/c1-3-5-7-9-11-12-14-16-27-25-41-34(42-26-27)30-22-23-31(35(43)44)32(24-30)28-18-20-29(21-19-28)36(45)46-33(37(38,39)40)17-15-13-10-8-6-4-2/h18-26,33H,3-17H2,1-2H3,(H,43,44)/t33-/m1/s1. The zero-order chi connectivity index (χ0) is 33.4. The first-order valence-electron chi connectivity index (χ1n) is 16.7. The highest BCUT2D eigenvalue weighted by molar-refractivity contribution is 5.97. The van der Waals surface area contributed by atoms with Crippen molar-refractivity contribution in [3.63, 3.8) is 0 Å². The van der Waals surface area contributed by atoms with Crippen molar-refractivity contribution in [1.29, 1.82) is 0 Å². The predicted octanol–water partition coefficient (Wildman–Crippen LogP) is 10.6. The van der Waals surface area contributed by atoms with Gasteiger partial charge in [0.25, 0.3) is 0 Å². The molecule has 1 aromatic heterocycles. The monoisotopic (exact) mass is 640 g/mol. The van der Waals surface area contributed by atoms with E-state index in [0.717, 1.165) is 44.1 Å². The van der Waals surface area contributed by atoms with Gasteiger partial charge in [0, 0.05) is 18.0 Å². The van der Waals surface area contributed by atoms with Crippen LogP contribution in [0.5, 0.6) is 0 Å². The van der Waals surface area contributed by atoms with Crippen molar-refractivity contribution in [2.24, 2.45) is 0 Å². The lowest BCUT2D eigenvalue weighted by Gasteiger charge is -2.21. The van der Waals surface area contributed by atoms with E-state index in [-0.39, 0.29) is 17.5 Å². The van der Waals surface area contributed by atoms with E-state index in [1.807, 2.05) is 0 Å². The Kier molecular flexibility index (Phi) is 15.2. The number of hydrogen-bond donors (Lipinski definition) is 1. The van der Waals surface area contributed by atoms with Crippen molar-refractivity contribution in [3.8, 4) is 22.5 Å². The Labute approximate surface area is 270 Å². The van der Waals surface area contributed by atoms with Crippen LogP contribution in [0.4, 0.5) is 13.2 Å². The lowest BCUT2D eigenvalue weighted by molar-refractivity contribution is -0.206. The summed E-state index contributed by atoms with van der Waals surface area (Å²) in [4.78, 5) is 33.7. The van der Waals surface area contributed by atoms with E-state index in [4.69, 9.17) is 4.74 Å². The van der Waals surface area contributed by atoms with Crippen LogP contribution in [0.1, 0.15) is 130 Å². The minimum absolute atomic E-state index is 0.0331. The quantitative estimate of drug-likeness (QED) is 0.0976. The first-order chi connectivity index (χ1) is 22.1. The number of carboxylic acids is 1. The summed E-state index contributed by atoms with van der Waals surface area (Å²) in [7, 11) is 0. The molecule has 0 bridgehead atoms. The summed E-state index contributed by atoms with van der Waals surface area (Å²) in [5.74, 6) is -1.76. The molecule has 0 aliphatic carbocycles. The Morgan fingerprint density at radius 2 is 1.30 bits per heavy atom. The number of benzene rings is 2. The maximum absolute atomic E-state index is 13.6. The number of nitrogens with zero attached hydrogens (tertiary/aromatic N) is 2. The zero-order valence-electron chi connectivity index (χ0n) is 27.1. The number of rotatable bonds is 20. The van der Waals surface area contributed by atoms with E-state index in [1.54, 1.807) is 24.5 Å². The van der Waals surface area contributed by atoms with Crippen molar-refractivity contribution in [3.05, 3.63) is 71.5 Å². The largest absolute Gasteiger partial charge is 0.478 e. The number of halogens is 3. The van der Waals surface area contributed by atoms with Gasteiger partial charge in [-0.1, -0.05) is 103 Å². The fraction of sp³-hybridized carbons (Fsp3) is 0.514. The highest BCUT2D eigenvalue weighted by atomic mass is 19.4. The molecule has 0 fully saturated rings. The molecule has 0 aliphatic heterocycles. The van der Waals surface area contributed by atoms with E-state index in [0.29, 0.717) is 35.4 Å². The van der Waals surface area contributed by atoms with Crippen molar-refractivity contribution in [1.82, 2.24) is 9.97 Å². The molecular weight excluding hydrogens is 593 g/mol. The summed E-state index contributed by atoms with van der Waals surface area (Å²) >= 11 is 0. The minimum atomic E-state index is -4.66. The maximum Gasteiger partial charge on any atom is 0.425 e. The lowest BCUT2D eigenvalue weighted by Crippen LogP contribution is -2.33. The highest BCUT2D eigenvalue weighted by Crippen LogP contribution is 2.31. The SMILES string of the molecule is CCCCCCCCCc1cnc(-c2ccc(C(=O)O)c(-c3ccc(C(=O)O[C@H](CCCCCCCC)C(F)(F)F)cc3)c2)nc1. The second-order valence-electron chi connectivity index (χ2n) is 11.9. The first kappa shape index (κ1) is 36.7. The summed E-state index contributed by atoms with van der Waals surface area (Å²) in [6, 6.07) is 10.5. The summed E-state index contributed by atoms with van der Waals surface area (Å²) in [5.41, 5.74) is 2.50. The fourth-order valence-electron chi connectivity index (χ4n) is 5.41. The molecule has 1 atom stereocenters. The van der Waals surface area contributed by atoms with Gasteiger partial charge in [0.2, 0.25) is 0 Å². The number of ether oxygens (including phenoxy) is 1. The Morgan fingerprint density at radius 3 is 1.87 bits per heavy atom. The van der Waals surface area contributed by atoms with Gasteiger partial charge in [-0.05, 0) is 66.6 Å². The van der Waals surface area contributed by atoms with Crippen LogP contribution in [0, 0.1) is 0 Å². The minimum Gasteiger partial charge on any atom is -0.478 e. The fourth-order valence-corrected chi connectivity index (χ4v) is 5.41. The van der Waals surface area contributed by atoms with Crippen molar-refractivity contribution < 1.29 is 32.6 Å². The third kappa shape index (κ3) is 11.9. The van der Waals surface area contributed by atoms with Crippen molar-refractivity contribution in [2.45, 2.75) is 122 Å². The highest BCUT2D eigenvalue weighted by Gasteiger charge is 2.42. The van der Waals surface area contributed by atoms with Crippen molar-refractivity contribution >= 4 is 11.9 Å². The molecule has 0 saturated carbocycles. The van der Waals surface area contributed by atoms with Gasteiger partial charge in [0.05, 0.1) is 11.1 Å². The smallest absolute Gasteiger partial charge is 0.425 e. The lowest BCUT2D eigenvalue weighted by atomic mass is 9.96. The molecule has 0 radical (unpaired) electrons. The van der Waals surface area contributed by atoms with Gasteiger partial charge < -0.3 is 9.84 Å². The van der Waals surface area contributed by atoms with Crippen LogP contribution < -0.4 is 0 Å². The van der Waals surface area contributed by atoms with Crippen LogP contribution in [0.3, 0.4) is 0 Å². The number of carbonyl (C=O) groups is 2. The number of alkyl halides is 3. The molecule has 3 rings (SSSR count). The summed E-state index contributed by atoms with van der Waals surface area (Å²) in [6.07, 6.45) is 10.8. The Hall–Kier alpha value is -3.75. The molecule has 9 heteroatoms. The summed E-state index contributed by atoms with van der Waals surface area (Å²) in [5, 5.41) is 9.83. The number of aromatic carboxylic acids is 1. The van der Waals surface area contributed by atoms with E-state index < -0.39 is 24.2 Å². The molecule has 0 spiro atoms. The number of aromatic nitrogens is 2. The van der Waals surface area contributed by atoms with Gasteiger partial charge in [-0.25, -0.2) is 19.6 Å². The van der Waals surface area contributed by atoms with Gasteiger partial charge in [-0.2, -0.15) is 13.2 Å². The number of hydrogen-bond acceptors (Lipinski definition) is 5. The topological polar surface area (TPSA) is 89.4 Å². The van der Waals surface area contributed by atoms with Gasteiger partial charge >= 0.3 is 18.1 Å². The number of esters is 1. The van der Waals surface area contributed by atoms with Crippen LogP contribution in [0.15, 0.2) is 54.9 Å². The van der Waals surface area contributed by atoms with Gasteiger partial charge in [0.15, 0.2) is 11.9 Å². The van der Waals surface area contributed by atoms with Crippen LogP contribution in [0.25, 0.3) is 22.5 Å². The molecule has 1 N–H and O–H groups in total. The second kappa shape index (κ2) is 19.0. The molecule has 46 heavy (non-hydrogen) atoms. The van der Waals surface area contributed by atoms with E-state index in [1.165, 1.54) is 68.9 Å². The normalized spacial score (nSPS) is 12.2. The Balaban J connectivity index is 1.67. The molecule has 0 amide bonds. The molecule has 1 heterocycles. The van der Waals surface area contributed by atoms with Crippen LogP contribution >= 0.6 is 0 Å². The average Bonchev–Trinajstić information content (AvgIpc) is 3.05. The van der Waals surface area contributed by atoms with E-state index in [9.17, 15) is 27.9 Å². The molecule has 2 aromatic carbocycles. The third-order valence-electron chi connectivity index (χ3n) is 8.15. The van der Waals surface area contributed by atoms with Crippen molar-refractivity contribution in [2.75, 3.05) is 0 Å². The molecule has 6 nitrogen and oxygen atoms in total. The molecule has 0 saturated heterocycles. The summed E-state index contributed by atoms with van der Waals surface area (Å²) < 4.78 is 45.7. The molecule has 0 unspecified atom stereocenters. The van der Waals surface area contributed by atoms with Crippen LogP contribution in [-0.4, -0.2) is 39.3 Å². The number of carbonyl (C=O) groups excluding carboxylic acids is 1. The molecule has 0 aliphatic rings. The van der Waals surface area contributed by atoms with Gasteiger partial charge in [-0.3, -0.25) is 0 Å². The molecular formula is C37H47F3N2O4. The number of carboxylic acid groups (broad SMARTS) is 1. The Morgan fingerprint density at radius 1 is 0.761 bits per heavy atom. The van der Waals surface area contributed by atoms with Crippen LogP contribution in [-0.2, 0) is 11.2 Å². The molecule has 250 valence electrons. The maximum atomic E-state index is 13.6. The third-order valence-corrected chi connectivity index (χ3v) is 8.15.